The van der Waals surface area contributed by atoms with Crippen LogP contribution in [0.2, 0.25) is 0 Å². The van der Waals surface area contributed by atoms with Crippen LogP contribution in [0.15, 0.2) is 30.5 Å². The number of carbonyl (C=O) groups is 3. The van der Waals surface area contributed by atoms with Crippen molar-refractivity contribution in [3.8, 4) is 11.6 Å². The van der Waals surface area contributed by atoms with Crippen molar-refractivity contribution in [2.24, 2.45) is 17.8 Å². The van der Waals surface area contributed by atoms with Crippen LogP contribution in [0.25, 0.3) is 10.8 Å². The summed E-state index contributed by atoms with van der Waals surface area (Å²) in [5, 5.41) is 4.05. The van der Waals surface area contributed by atoms with E-state index in [-0.39, 0.29) is 36.1 Å². The van der Waals surface area contributed by atoms with Crippen molar-refractivity contribution in [2.45, 2.75) is 94.7 Å². The molecule has 2 aliphatic heterocycles. The molecule has 4 aliphatic rings. The first-order valence-corrected chi connectivity index (χ1v) is 16.8. The molecule has 2 N–H and O–H groups in total. The van der Waals surface area contributed by atoms with E-state index in [1.807, 2.05) is 45.0 Å². The molecule has 2 saturated carbocycles. The summed E-state index contributed by atoms with van der Waals surface area (Å²) in [6.07, 6.45) is 4.76. The summed E-state index contributed by atoms with van der Waals surface area (Å²) < 4.78 is 39.2. The molecule has 1 aromatic heterocycles. The number of nitrogens with zero attached hydrogens (tertiary/aromatic N) is 2. The fraction of sp³-hybridized carbons (Fsp3) is 0.613. The number of rotatable bonds is 10. The minimum atomic E-state index is -3.78. The molecule has 2 aromatic rings. The highest BCUT2D eigenvalue weighted by atomic mass is 32.2. The highest BCUT2D eigenvalue weighted by Gasteiger charge is 2.63. The van der Waals surface area contributed by atoms with Crippen LogP contribution in [0.3, 0.4) is 0 Å². The van der Waals surface area contributed by atoms with Crippen molar-refractivity contribution in [1.82, 2.24) is 19.9 Å². The number of amides is 3. The van der Waals surface area contributed by atoms with Gasteiger partial charge in [-0.25, -0.2) is 13.4 Å². The molecule has 0 bridgehead atoms. The third-order valence-corrected chi connectivity index (χ3v) is 11.6. The van der Waals surface area contributed by atoms with Crippen molar-refractivity contribution >= 4 is 38.5 Å². The van der Waals surface area contributed by atoms with Gasteiger partial charge in [-0.2, -0.15) is 0 Å². The summed E-state index contributed by atoms with van der Waals surface area (Å²) in [4.78, 5) is 47.4. The van der Waals surface area contributed by atoms with Gasteiger partial charge in [0, 0.05) is 23.9 Å². The van der Waals surface area contributed by atoms with Crippen LogP contribution in [0.4, 0.5) is 0 Å². The summed E-state index contributed by atoms with van der Waals surface area (Å²) >= 11 is 0. The zero-order valence-electron chi connectivity index (χ0n) is 25.0. The van der Waals surface area contributed by atoms with E-state index in [9.17, 15) is 22.8 Å². The number of carbonyl (C=O) groups excluding carboxylic acids is 3. The zero-order chi connectivity index (χ0) is 30.7. The zero-order valence-corrected chi connectivity index (χ0v) is 25.9. The standard InChI is InChI=1S/C31H40N4O7S/c1-5-19-16-31(19,30(38)34-43(39,40)21-7-8-21)33-27(36)25-15-26(24-11-10-22(17(2)3)29(37)35(24)25)42-28-23-9-6-20(41-4)14-18(23)12-13-32-28/h6,9,12-14,17,19,21-22,24-26H,5,7-8,10-11,15-16H2,1-4H3,(H,33,36)(H,34,38)/t19-,22-,24-,25+,26-,31-/m1/s1. The Bertz CT molecular complexity index is 1560. The maximum absolute atomic E-state index is 14.0. The molecule has 43 heavy (non-hydrogen) atoms. The van der Waals surface area contributed by atoms with E-state index in [0.717, 1.165) is 10.8 Å². The van der Waals surface area contributed by atoms with Gasteiger partial charge in [-0.05, 0) is 73.6 Å². The second-order valence-electron chi connectivity index (χ2n) is 12.8. The number of sulfonamides is 1. The molecule has 6 rings (SSSR count). The maximum atomic E-state index is 14.0. The van der Waals surface area contributed by atoms with Gasteiger partial charge in [-0.15, -0.1) is 0 Å². The summed E-state index contributed by atoms with van der Waals surface area (Å²) in [7, 11) is -2.17. The van der Waals surface area contributed by atoms with Gasteiger partial charge in [0.15, 0.2) is 0 Å². The van der Waals surface area contributed by atoms with Gasteiger partial charge in [0.05, 0.1) is 18.4 Å². The average Bonchev–Trinajstić information content (AvgIpc) is 3.90. The van der Waals surface area contributed by atoms with Crippen molar-refractivity contribution in [2.75, 3.05) is 7.11 Å². The number of benzene rings is 1. The number of hydrogen-bond acceptors (Lipinski definition) is 8. The Morgan fingerprint density at radius 1 is 1.16 bits per heavy atom. The van der Waals surface area contributed by atoms with E-state index >= 15 is 0 Å². The van der Waals surface area contributed by atoms with Crippen LogP contribution < -0.4 is 19.5 Å². The third-order valence-electron chi connectivity index (χ3n) is 9.78. The Kier molecular flexibility index (Phi) is 7.55. The van der Waals surface area contributed by atoms with Gasteiger partial charge in [0.25, 0.3) is 5.91 Å². The summed E-state index contributed by atoms with van der Waals surface area (Å²) in [6.45, 7) is 5.92. The predicted octanol–water partition coefficient (Wildman–Crippen LogP) is 2.92. The van der Waals surface area contributed by atoms with Gasteiger partial charge in [0.2, 0.25) is 27.7 Å². The summed E-state index contributed by atoms with van der Waals surface area (Å²) in [5.41, 5.74) is -1.31. The van der Waals surface area contributed by atoms with Gasteiger partial charge in [-0.1, -0.05) is 27.2 Å². The quantitative estimate of drug-likeness (QED) is 0.417. The molecule has 2 saturated heterocycles. The smallest absolute Gasteiger partial charge is 0.259 e. The van der Waals surface area contributed by atoms with E-state index in [2.05, 4.69) is 15.0 Å². The molecule has 3 heterocycles. The van der Waals surface area contributed by atoms with Crippen LogP contribution in [0.1, 0.15) is 65.7 Å². The minimum absolute atomic E-state index is 0.0919. The van der Waals surface area contributed by atoms with Gasteiger partial charge >= 0.3 is 0 Å². The van der Waals surface area contributed by atoms with Crippen molar-refractivity contribution in [3.63, 3.8) is 0 Å². The first-order chi connectivity index (χ1) is 20.5. The molecular weight excluding hydrogens is 572 g/mol. The number of methoxy groups -OCH3 is 1. The Morgan fingerprint density at radius 2 is 1.93 bits per heavy atom. The van der Waals surface area contributed by atoms with E-state index in [0.29, 0.717) is 50.2 Å². The lowest BCUT2D eigenvalue weighted by molar-refractivity contribution is -0.149. The lowest BCUT2D eigenvalue weighted by Crippen LogP contribution is -2.59. The predicted molar refractivity (Wildman–Crippen MR) is 159 cm³/mol. The topological polar surface area (TPSA) is 144 Å². The number of nitrogens with one attached hydrogen (secondary N) is 2. The minimum Gasteiger partial charge on any atom is -0.497 e. The molecule has 0 unspecified atom stereocenters. The van der Waals surface area contributed by atoms with Gasteiger partial charge in [-0.3, -0.25) is 19.1 Å². The maximum Gasteiger partial charge on any atom is 0.259 e. The third kappa shape index (κ3) is 5.32. The normalized spacial score (nSPS) is 30.2. The largest absolute Gasteiger partial charge is 0.497 e. The molecule has 6 atom stereocenters. The summed E-state index contributed by atoms with van der Waals surface area (Å²) in [5.74, 6) is -0.429. The fourth-order valence-electron chi connectivity index (χ4n) is 6.97. The number of fused-ring (bicyclic) bond motifs is 2. The van der Waals surface area contributed by atoms with Crippen molar-refractivity contribution in [1.29, 1.82) is 0 Å². The Balaban J connectivity index is 1.27. The lowest BCUT2D eigenvalue weighted by Gasteiger charge is -2.40. The first-order valence-electron chi connectivity index (χ1n) is 15.3. The first kappa shape index (κ1) is 29.7. The number of ether oxygens (including phenoxy) is 2. The molecule has 3 amide bonds. The van der Waals surface area contributed by atoms with Crippen LogP contribution >= 0.6 is 0 Å². The van der Waals surface area contributed by atoms with E-state index in [1.165, 1.54) is 0 Å². The van der Waals surface area contributed by atoms with Crippen LogP contribution in [0.5, 0.6) is 11.6 Å². The molecule has 11 nitrogen and oxygen atoms in total. The monoisotopic (exact) mass is 612 g/mol. The van der Waals surface area contributed by atoms with E-state index < -0.39 is 44.8 Å². The molecule has 1 aromatic carbocycles. The molecule has 0 radical (unpaired) electrons. The Morgan fingerprint density at radius 3 is 2.58 bits per heavy atom. The molecule has 0 spiro atoms. The van der Waals surface area contributed by atoms with Crippen molar-refractivity contribution < 1.29 is 32.3 Å². The average molecular weight is 613 g/mol. The van der Waals surface area contributed by atoms with Crippen LogP contribution in [-0.2, 0) is 24.4 Å². The lowest BCUT2D eigenvalue weighted by atomic mass is 9.84. The number of hydrogen-bond donors (Lipinski definition) is 2. The highest BCUT2D eigenvalue weighted by Crippen LogP contribution is 2.47. The van der Waals surface area contributed by atoms with Crippen LogP contribution in [-0.4, -0.2) is 72.1 Å². The molecule has 232 valence electrons. The van der Waals surface area contributed by atoms with Gasteiger partial charge < -0.3 is 19.7 Å². The Labute approximate surface area is 252 Å². The van der Waals surface area contributed by atoms with Gasteiger partial charge in [0.1, 0.15) is 23.4 Å². The SMILES string of the molecule is CC[C@@H]1C[C@]1(NC(=O)[C@@H]1C[C@@H](Oc2nccc3cc(OC)ccc23)[C@H]2CC[C@H](C(C)C)C(=O)N21)C(=O)NS(=O)(=O)C1CC1. The number of pyridine rings is 1. The fourth-order valence-corrected chi connectivity index (χ4v) is 8.34. The second kappa shape index (κ2) is 10.9. The van der Waals surface area contributed by atoms with Crippen molar-refractivity contribution in [3.05, 3.63) is 30.5 Å². The highest BCUT2D eigenvalue weighted by molar-refractivity contribution is 7.91. The second-order valence-corrected chi connectivity index (χ2v) is 14.8. The molecule has 2 aliphatic carbocycles. The summed E-state index contributed by atoms with van der Waals surface area (Å²) in [6, 6.07) is 6.28. The van der Waals surface area contributed by atoms with E-state index in [1.54, 1.807) is 18.2 Å². The molecule has 4 fully saturated rings. The van der Waals surface area contributed by atoms with Crippen LogP contribution in [0, 0.1) is 17.8 Å². The van der Waals surface area contributed by atoms with E-state index in [4.69, 9.17) is 9.47 Å². The molecule has 12 heteroatoms. The number of piperidine rings is 1. The Hall–Kier alpha value is -3.41. The molecular formula is C31H40N4O7S. The number of aromatic nitrogens is 1.